The molecule has 2 aromatic heterocycles. The van der Waals surface area contributed by atoms with Crippen LogP contribution in [0.2, 0.25) is 0 Å². The molecular formula is C22H30N6O4S. The van der Waals surface area contributed by atoms with E-state index in [0.29, 0.717) is 29.8 Å². The molecule has 2 heterocycles. The third-order valence-corrected chi connectivity index (χ3v) is 6.85. The van der Waals surface area contributed by atoms with Crippen molar-refractivity contribution in [2.45, 2.75) is 58.1 Å². The maximum Gasteiger partial charge on any atom is 0.333 e. The van der Waals surface area contributed by atoms with Gasteiger partial charge in [-0.1, -0.05) is 25.6 Å². The predicted octanol–water partition coefficient (Wildman–Crippen LogP) is 2.31. The molecule has 1 aromatic carbocycles. The van der Waals surface area contributed by atoms with Crippen molar-refractivity contribution in [3.63, 3.8) is 0 Å². The van der Waals surface area contributed by atoms with Gasteiger partial charge in [-0.2, -0.15) is 8.42 Å². The molecule has 1 saturated carbocycles. The number of nitrogens with zero attached hydrogens (tertiary/aromatic N) is 3. The molecule has 5 rings (SSSR count). The van der Waals surface area contributed by atoms with E-state index in [-0.39, 0.29) is 26.0 Å². The fourth-order valence-electron chi connectivity index (χ4n) is 4.84. The number of hydrogen-bond acceptors (Lipinski definition) is 8. The second kappa shape index (κ2) is 9.34. The second-order valence-corrected chi connectivity index (χ2v) is 9.80. The zero-order valence-electron chi connectivity index (χ0n) is 17.5. The van der Waals surface area contributed by atoms with Crippen LogP contribution in [-0.2, 0) is 27.3 Å². The number of fused-ring (bicyclic) bond motifs is 2. The van der Waals surface area contributed by atoms with Crippen LogP contribution in [0.15, 0.2) is 24.5 Å². The zero-order chi connectivity index (χ0) is 22.3. The van der Waals surface area contributed by atoms with Gasteiger partial charge in [-0.15, -0.1) is 0 Å². The highest BCUT2D eigenvalue weighted by Crippen LogP contribution is 2.33. The van der Waals surface area contributed by atoms with E-state index in [2.05, 4.69) is 42.7 Å². The summed E-state index contributed by atoms with van der Waals surface area (Å²) < 4.78 is 26.8. The summed E-state index contributed by atoms with van der Waals surface area (Å²) >= 11 is 0. The van der Waals surface area contributed by atoms with Gasteiger partial charge in [0.1, 0.15) is 17.7 Å². The lowest BCUT2D eigenvalue weighted by atomic mass is 9.88. The van der Waals surface area contributed by atoms with E-state index in [1.807, 2.05) is 0 Å². The number of aromatic amines is 1. The van der Waals surface area contributed by atoms with E-state index in [9.17, 15) is 13.5 Å². The van der Waals surface area contributed by atoms with Gasteiger partial charge >= 0.3 is 10.3 Å². The minimum atomic E-state index is -4.04. The number of imidazole rings is 1. The molecule has 3 atom stereocenters. The van der Waals surface area contributed by atoms with Gasteiger partial charge in [0, 0.05) is 17.5 Å². The van der Waals surface area contributed by atoms with Crippen molar-refractivity contribution < 1.29 is 17.7 Å². The molecule has 0 radical (unpaired) electrons. The number of aliphatic hydroxyl groups is 1. The monoisotopic (exact) mass is 474 g/mol. The summed E-state index contributed by atoms with van der Waals surface area (Å²) in [5, 5.41) is 18.6. The molecule has 0 bridgehead atoms. The molecule has 11 heteroatoms. The van der Waals surface area contributed by atoms with E-state index in [1.54, 1.807) is 0 Å². The van der Waals surface area contributed by atoms with Crippen LogP contribution < -0.4 is 10.5 Å². The maximum atomic E-state index is 11.1. The Kier molecular flexibility index (Phi) is 6.66. The van der Waals surface area contributed by atoms with Gasteiger partial charge < -0.3 is 15.4 Å². The molecule has 178 valence electrons. The molecule has 10 nitrogen and oxygen atoms in total. The van der Waals surface area contributed by atoms with Gasteiger partial charge in [0.05, 0.1) is 12.7 Å². The van der Waals surface area contributed by atoms with Crippen molar-refractivity contribution >= 4 is 27.3 Å². The Bertz CT molecular complexity index is 1240. The van der Waals surface area contributed by atoms with E-state index in [1.165, 1.54) is 30.3 Å². The average Bonchev–Trinajstić information content (AvgIpc) is 3.35. The molecule has 0 unspecified atom stereocenters. The number of benzene rings is 1. The Morgan fingerprint density at radius 2 is 2.03 bits per heavy atom. The van der Waals surface area contributed by atoms with Gasteiger partial charge in [-0.05, 0) is 49.7 Å². The minimum absolute atomic E-state index is 0. The third-order valence-electron chi connectivity index (χ3n) is 6.38. The lowest BCUT2D eigenvalue weighted by Gasteiger charge is -2.18. The minimum Gasteiger partial charge on any atom is -0.393 e. The highest BCUT2D eigenvalue weighted by Gasteiger charge is 2.34. The van der Waals surface area contributed by atoms with Gasteiger partial charge in [0.2, 0.25) is 0 Å². The first-order chi connectivity index (χ1) is 15.4. The fraction of sp³-hybridized carbons (Fsp3) is 0.500. The molecule has 33 heavy (non-hydrogen) atoms. The second-order valence-electron chi connectivity index (χ2n) is 8.57. The lowest BCUT2D eigenvalue weighted by molar-refractivity contribution is 0.101. The molecular weight excluding hydrogens is 444 g/mol. The number of anilines is 1. The van der Waals surface area contributed by atoms with Gasteiger partial charge in [-0.3, -0.25) is 4.18 Å². The number of rotatable bonds is 6. The molecule has 1 fully saturated rings. The van der Waals surface area contributed by atoms with Crippen LogP contribution in [0.3, 0.4) is 0 Å². The smallest absolute Gasteiger partial charge is 0.333 e. The summed E-state index contributed by atoms with van der Waals surface area (Å²) in [5.74, 6) is 1.04. The van der Waals surface area contributed by atoms with Crippen LogP contribution in [0.25, 0.3) is 22.6 Å². The van der Waals surface area contributed by atoms with Crippen LogP contribution in [0.4, 0.5) is 5.82 Å². The maximum absolute atomic E-state index is 11.1. The van der Waals surface area contributed by atoms with E-state index in [0.717, 1.165) is 24.2 Å². The third kappa shape index (κ3) is 5.01. The van der Waals surface area contributed by atoms with Crippen molar-refractivity contribution in [2.75, 3.05) is 11.9 Å². The average molecular weight is 475 g/mol. The molecule has 0 spiro atoms. The molecule has 2 aliphatic carbocycles. The number of nitrogens with one attached hydrogen (secondary N) is 2. The fourth-order valence-corrected chi connectivity index (χ4v) is 5.21. The summed E-state index contributed by atoms with van der Waals surface area (Å²) in [4.78, 5) is 16.8. The highest BCUT2D eigenvalue weighted by molar-refractivity contribution is 7.84. The zero-order valence-corrected chi connectivity index (χ0v) is 18.3. The van der Waals surface area contributed by atoms with Crippen molar-refractivity contribution in [1.82, 2.24) is 19.9 Å². The first-order valence-electron chi connectivity index (χ1n) is 10.8. The lowest BCUT2D eigenvalue weighted by Crippen LogP contribution is -2.24. The number of aliphatic hydroxyl groups excluding tert-OH is 1. The van der Waals surface area contributed by atoms with Crippen LogP contribution >= 0.6 is 0 Å². The van der Waals surface area contributed by atoms with Crippen LogP contribution in [0, 0.1) is 5.92 Å². The molecule has 5 N–H and O–H groups in total. The Balaban J connectivity index is 0.00000259. The SMILES string of the molecule is C.NS(=O)(=O)OC[C@@H]1C[C@@H](Nc2ncnc3nc(-c4cccc5c4CCCC5)[nH]c23)C[C@@H]1O. The first-order valence-corrected chi connectivity index (χ1v) is 12.3. The van der Waals surface area contributed by atoms with Gasteiger partial charge in [-0.25, -0.2) is 20.1 Å². The Morgan fingerprint density at radius 3 is 2.85 bits per heavy atom. The Labute approximate surface area is 193 Å². The first kappa shape index (κ1) is 23.6. The standard InChI is InChI=1S/C21H26N6O4S.CH4/c22-32(29,30)31-10-13-8-14(9-17(13)28)25-20-18-21(24-11-23-20)27-19(26-18)16-7-3-5-12-4-1-2-6-15(12)16;/h3,5,7,11,13-14,17,28H,1-2,4,6,8-10H2,(H2,22,29,30)(H2,23,24,25,26,27);1H4/t13-,14+,17-;/m0./s1. The summed E-state index contributed by atoms with van der Waals surface area (Å²) in [6.07, 6.45) is 6.26. The number of aryl methyl sites for hydroxylation is 1. The summed E-state index contributed by atoms with van der Waals surface area (Å²) in [7, 11) is -4.04. The van der Waals surface area contributed by atoms with Crippen molar-refractivity contribution in [2.24, 2.45) is 11.1 Å². The summed E-state index contributed by atoms with van der Waals surface area (Å²) in [6, 6.07) is 6.25. The molecule has 3 aromatic rings. The van der Waals surface area contributed by atoms with Gasteiger partial charge in [0.25, 0.3) is 0 Å². The number of nitrogens with two attached hydrogens (primary N) is 1. The molecule has 0 saturated heterocycles. The van der Waals surface area contributed by atoms with E-state index >= 15 is 0 Å². The largest absolute Gasteiger partial charge is 0.393 e. The van der Waals surface area contributed by atoms with Gasteiger partial charge in [0.15, 0.2) is 11.5 Å². The summed E-state index contributed by atoms with van der Waals surface area (Å²) in [6.45, 7) is -0.148. The quantitative estimate of drug-likeness (QED) is 0.424. The van der Waals surface area contributed by atoms with Crippen molar-refractivity contribution in [3.05, 3.63) is 35.7 Å². The predicted molar refractivity (Wildman–Crippen MR) is 126 cm³/mol. The van der Waals surface area contributed by atoms with Crippen LogP contribution in [-0.4, -0.2) is 52.2 Å². The summed E-state index contributed by atoms with van der Waals surface area (Å²) in [5.41, 5.74) is 5.10. The van der Waals surface area contributed by atoms with Crippen LogP contribution in [0.1, 0.15) is 44.2 Å². The topological polar surface area (TPSA) is 156 Å². The van der Waals surface area contributed by atoms with Crippen molar-refractivity contribution in [1.29, 1.82) is 0 Å². The number of H-pyrrole nitrogens is 1. The number of aromatic nitrogens is 4. The van der Waals surface area contributed by atoms with E-state index < -0.39 is 16.4 Å². The number of hydrogen-bond donors (Lipinski definition) is 4. The van der Waals surface area contributed by atoms with Crippen molar-refractivity contribution in [3.8, 4) is 11.4 Å². The van der Waals surface area contributed by atoms with E-state index in [4.69, 9.17) is 10.1 Å². The Morgan fingerprint density at radius 1 is 1.21 bits per heavy atom. The molecule has 2 aliphatic rings. The normalized spacial score (nSPS) is 22.7. The Hall–Kier alpha value is -2.60. The molecule has 0 aliphatic heterocycles. The molecule has 0 amide bonds. The highest BCUT2D eigenvalue weighted by atomic mass is 32.2. The van der Waals surface area contributed by atoms with Crippen LogP contribution in [0.5, 0.6) is 0 Å².